The van der Waals surface area contributed by atoms with Gasteiger partial charge in [-0.3, -0.25) is 4.72 Å². The second-order valence-corrected chi connectivity index (χ2v) is 7.49. The fraction of sp³-hybridized carbons (Fsp3) is 0.154. The number of anilines is 1. The number of hydrogen-bond donors (Lipinski definition) is 2. The van der Waals surface area contributed by atoms with Crippen molar-refractivity contribution in [3.8, 4) is 5.75 Å². The van der Waals surface area contributed by atoms with E-state index in [-0.39, 0.29) is 14.6 Å². The lowest BCUT2D eigenvalue weighted by atomic mass is 10.3. The van der Waals surface area contributed by atoms with Crippen LogP contribution in [0.15, 0.2) is 34.5 Å². The number of alkyl halides is 3. The number of halogens is 3. The Hall–Kier alpha value is -2.27. The zero-order valence-electron chi connectivity index (χ0n) is 11.9. The molecule has 2 rings (SSSR count). The van der Waals surface area contributed by atoms with Crippen LogP contribution in [0.25, 0.3) is 0 Å². The van der Waals surface area contributed by atoms with Crippen molar-refractivity contribution in [3.63, 3.8) is 0 Å². The summed E-state index contributed by atoms with van der Waals surface area (Å²) in [6.07, 6.45) is -4.99. The molecule has 0 amide bonds. The number of ether oxygens (including phenoxy) is 1. The molecule has 1 heterocycles. The van der Waals surface area contributed by atoms with Crippen LogP contribution in [0, 0.1) is 6.92 Å². The Morgan fingerprint density at radius 3 is 2.46 bits per heavy atom. The normalized spacial score (nSPS) is 12.0. The number of aryl methyl sites for hydroxylation is 1. The fourth-order valence-electron chi connectivity index (χ4n) is 1.76. The van der Waals surface area contributed by atoms with Crippen molar-refractivity contribution in [3.05, 3.63) is 40.8 Å². The molecule has 0 aliphatic rings. The van der Waals surface area contributed by atoms with E-state index in [4.69, 9.17) is 5.11 Å². The van der Waals surface area contributed by atoms with Crippen LogP contribution in [-0.2, 0) is 10.0 Å². The summed E-state index contributed by atoms with van der Waals surface area (Å²) in [6.45, 7) is 1.42. The Bertz CT molecular complexity index is 874. The topological polar surface area (TPSA) is 92.7 Å². The molecule has 0 aliphatic carbocycles. The largest absolute Gasteiger partial charge is 0.573 e. The standard InChI is InChI=1S/C13H10F3NO5S2/c1-7-6-10(23-11(7)12(18)19)24(20,21)17-8-4-2-3-5-9(8)22-13(14,15)16/h2-6,17H,1H3,(H,18,19). The summed E-state index contributed by atoms with van der Waals surface area (Å²) in [5.41, 5.74) is -0.189. The molecule has 24 heavy (non-hydrogen) atoms. The molecule has 0 aliphatic heterocycles. The van der Waals surface area contributed by atoms with E-state index >= 15 is 0 Å². The Labute approximate surface area is 138 Å². The smallest absolute Gasteiger partial charge is 0.477 e. The van der Waals surface area contributed by atoms with Gasteiger partial charge in [-0.15, -0.1) is 24.5 Å². The predicted molar refractivity (Wildman–Crippen MR) is 79.9 cm³/mol. The number of carboxylic acids is 1. The number of carboxylic acid groups (broad SMARTS) is 1. The Morgan fingerprint density at radius 2 is 1.92 bits per heavy atom. The monoisotopic (exact) mass is 381 g/mol. The number of sulfonamides is 1. The molecule has 2 N–H and O–H groups in total. The van der Waals surface area contributed by atoms with Gasteiger partial charge in [-0.05, 0) is 30.7 Å². The molecule has 0 saturated heterocycles. The van der Waals surface area contributed by atoms with Crippen LogP contribution in [-0.4, -0.2) is 25.9 Å². The van der Waals surface area contributed by atoms with Crippen molar-refractivity contribution < 1.29 is 36.2 Å². The summed E-state index contributed by atoms with van der Waals surface area (Å²) < 4.78 is 67.0. The molecule has 0 bridgehead atoms. The molecule has 130 valence electrons. The zero-order chi connectivity index (χ0) is 18.1. The molecular formula is C13H10F3NO5S2. The number of hydrogen-bond acceptors (Lipinski definition) is 5. The van der Waals surface area contributed by atoms with Gasteiger partial charge in [-0.2, -0.15) is 0 Å². The van der Waals surface area contributed by atoms with Gasteiger partial charge in [0.25, 0.3) is 10.0 Å². The highest BCUT2D eigenvalue weighted by atomic mass is 32.2. The van der Waals surface area contributed by atoms with Crippen LogP contribution >= 0.6 is 11.3 Å². The van der Waals surface area contributed by atoms with Crippen molar-refractivity contribution in [1.29, 1.82) is 0 Å². The van der Waals surface area contributed by atoms with Crippen LogP contribution in [0.5, 0.6) is 5.75 Å². The molecule has 0 spiro atoms. The molecule has 11 heteroatoms. The van der Waals surface area contributed by atoms with E-state index in [1.165, 1.54) is 19.1 Å². The van der Waals surface area contributed by atoms with E-state index in [1.807, 2.05) is 4.72 Å². The summed E-state index contributed by atoms with van der Waals surface area (Å²) >= 11 is 0.500. The summed E-state index contributed by atoms with van der Waals surface area (Å²) in [5.74, 6) is -2.01. The van der Waals surface area contributed by atoms with Gasteiger partial charge in [-0.25, -0.2) is 13.2 Å². The van der Waals surface area contributed by atoms with Crippen LogP contribution in [0.4, 0.5) is 18.9 Å². The zero-order valence-corrected chi connectivity index (χ0v) is 13.6. The molecule has 6 nitrogen and oxygen atoms in total. The first-order chi connectivity index (χ1) is 11.0. The maximum Gasteiger partial charge on any atom is 0.573 e. The first-order valence-corrected chi connectivity index (χ1v) is 8.51. The molecule has 0 unspecified atom stereocenters. The maximum atomic E-state index is 12.4. The second kappa shape index (κ2) is 6.32. The SMILES string of the molecule is Cc1cc(S(=O)(=O)Nc2ccccc2OC(F)(F)F)sc1C(=O)O. The second-order valence-electron chi connectivity index (χ2n) is 4.53. The van der Waals surface area contributed by atoms with Gasteiger partial charge in [0, 0.05) is 0 Å². The van der Waals surface area contributed by atoms with Gasteiger partial charge >= 0.3 is 12.3 Å². The lowest BCUT2D eigenvalue weighted by Crippen LogP contribution is -2.19. The molecule has 1 aromatic heterocycles. The van der Waals surface area contributed by atoms with Crippen molar-refractivity contribution in [1.82, 2.24) is 0 Å². The fourth-order valence-corrected chi connectivity index (χ4v) is 4.21. The average molecular weight is 381 g/mol. The Kier molecular flexibility index (Phi) is 4.76. The third kappa shape index (κ3) is 4.17. The minimum atomic E-state index is -4.99. The van der Waals surface area contributed by atoms with E-state index in [0.717, 1.165) is 18.2 Å². The average Bonchev–Trinajstić information content (AvgIpc) is 2.82. The number of aromatic carboxylic acids is 1. The third-order valence-electron chi connectivity index (χ3n) is 2.71. The van der Waals surface area contributed by atoms with Crippen LogP contribution in [0.2, 0.25) is 0 Å². The maximum absolute atomic E-state index is 12.4. The minimum absolute atomic E-state index is 0.171. The highest BCUT2D eigenvalue weighted by Crippen LogP contribution is 2.33. The number of para-hydroxylation sites is 2. The summed E-state index contributed by atoms with van der Waals surface area (Å²) in [6, 6.07) is 5.74. The minimum Gasteiger partial charge on any atom is -0.477 e. The first-order valence-electron chi connectivity index (χ1n) is 6.21. The van der Waals surface area contributed by atoms with E-state index < -0.39 is 33.8 Å². The van der Waals surface area contributed by atoms with E-state index in [1.54, 1.807) is 0 Å². The third-order valence-corrected chi connectivity index (χ3v) is 5.78. The van der Waals surface area contributed by atoms with Gasteiger partial charge in [0.05, 0.1) is 5.69 Å². The van der Waals surface area contributed by atoms with Crippen molar-refractivity contribution in [2.24, 2.45) is 0 Å². The number of rotatable bonds is 5. The number of benzene rings is 1. The molecule has 2 aromatic rings. The van der Waals surface area contributed by atoms with E-state index in [9.17, 15) is 26.4 Å². The van der Waals surface area contributed by atoms with Crippen LogP contribution < -0.4 is 9.46 Å². The number of nitrogens with one attached hydrogen (secondary N) is 1. The van der Waals surface area contributed by atoms with Crippen molar-refractivity contribution in [2.75, 3.05) is 4.72 Å². The Balaban J connectivity index is 2.37. The first kappa shape index (κ1) is 18.1. The Morgan fingerprint density at radius 1 is 1.29 bits per heavy atom. The van der Waals surface area contributed by atoms with Crippen molar-refractivity contribution in [2.45, 2.75) is 17.5 Å². The lowest BCUT2D eigenvalue weighted by molar-refractivity contribution is -0.274. The lowest BCUT2D eigenvalue weighted by Gasteiger charge is -2.14. The molecule has 0 fully saturated rings. The molecule has 0 radical (unpaired) electrons. The molecule has 0 atom stereocenters. The molecule has 1 aromatic carbocycles. The number of carbonyl (C=O) groups is 1. The summed E-state index contributed by atoms with van der Waals surface area (Å²) in [4.78, 5) is 10.8. The highest BCUT2D eigenvalue weighted by Gasteiger charge is 2.33. The summed E-state index contributed by atoms with van der Waals surface area (Å²) in [7, 11) is -4.27. The number of thiophene rings is 1. The van der Waals surface area contributed by atoms with Crippen LogP contribution in [0.3, 0.4) is 0 Å². The highest BCUT2D eigenvalue weighted by molar-refractivity contribution is 7.94. The summed E-state index contributed by atoms with van der Waals surface area (Å²) in [5, 5.41) is 8.96. The predicted octanol–water partition coefficient (Wildman–Crippen LogP) is 3.45. The molecule has 0 saturated carbocycles. The van der Waals surface area contributed by atoms with Crippen LogP contribution in [0.1, 0.15) is 15.2 Å². The van der Waals surface area contributed by atoms with Gasteiger partial charge in [-0.1, -0.05) is 12.1 Å². The van der Waals surface area contributed by atoms with Crippen molar-refractivity contribution >= 4 is 33.0 Å². The van der Waals surface area contributed by atoms with Gasteiger partial charge in [0.2, 0.25) is 0 Å². The van der Waals surface area contributed by atoms with Gasteiger partial charge < -0.3 is 9.84 Å². The van der Waals surface area contributed by atoms with E-state index in [0.29, 0.717) is 11.3 Å². The van der Waals surface area contributed by atoms with Gasteiger partial charge in [0.1, 0.15) is 9.09 Å². The molecular weight excluding hydrogens is 371 g/mol. The van der Waals surface area contributed by atoms with E-state index in [2.05, 4.69) is 4.74 Å². The van der Waals surface area contributed by atoms with Gasteiger partial charge in [0.15, 0.2) is 5.75 Å². The quantitative estimate of drug-likeness (QED) is 0.828.